The van der Waals surface area contributed by atoms with Gasteiger partial charge in [0.05, 0.1) is 10.6 Å². The lowest BCUT2D eigenvalue weighted by atomic mass is 10.0. The number of hydrogen-bond donors (Lipinski definition) is 0. The number of anilines is 1. The Morgan fingerprint density at radius 3 is 2.45 bits per heavy atom. The third-order valence-electron chi connectivity index (χ3n) is 6.05. The molecule has 31 heavy (non-hydrogen) atoms. The Hall–Kier alpha value is -2.61. The van der Waals surface area contributed by atoms with E-state index in [1.165, 1.54) is 4.31 Å². The van der Waals surface area contributed by atoms with E-state index >= 15 is 0 Å². The predicted octanol–water partition coefficient (Wildman–Crippen LogP) is 4.80. The summed E-state index contributed by atoms with van der Waals surface area (Å²) in [5.74, 6) is 0. The van der Waals surface area contributed by atoms with E-state index in [1.807, 2.05) is 42.5 Å². The zero-order chi connectivity index (χ0) is 21.6. The van der Waals surface area contributed by atoms with Crippen molar-refractivity contribution in [3.05, 3.63) is 71.2 Å². The smallest absolute Gasteiger partial charge is 0.414 e. The van der Waals surface area contributed by atoms with E-state index in [1.54, 1.807) is 23.1 Å². The van der Waals surface area contributed by atoms with Crippen LogP contribution in [0.5, 0.6) is 0 Å². The largest absolute Gasteiger partial charge is 0.444 e. The Morgan fingerprint density at radius 2 is 1.65 bits per heavy atom. The van der Waals surface area contributed by atoms with Crippen LogP contribution in [0.15, 0.2) is 65.6 Å². The van der Waals surface area contributed by atoms with E-state index in [2.05, 4.69) is 0 Å². The van der Waals surface area contributed by atoms with Gasteiger partial charge in [-0.1, -0.05) is 54.1 Å². The highest BCUT2D eigenvalue weighted by Gasteiger charge is 2.37. The first-order chi connectivity index (χ1) is 15.0. The van der Waals surface area contributed by atoms with Gasteiger partial charge >= 0.3 is 6.09 Å². The van der Waals surface area contributed by atoms with E-state index < -0.39 is 16.1 Å². The topological polar surface area (TPSA) is 66.9 Å². The molecular weight excluding hydrogens is 436 g/mol. The van der Waals surface area contributed by atoms with Crippen LogP contribution >= 0.6 is 11.6 Å². The van der Waals surface area contributed by atoms with Gasteiger partial charge in [0.2, 0.25) is 10.0 Å². The molecule has 0 spiro atoms. The molecule has 0 radical (unpaired) electrons. The summed E-state index contributed by atoms with van der Waals surface area (Å²) in [5, 5.41) is 2.17. The van der Waals surface area contributed by atoms with Crippen LogP contribution in [0.2, 0.25) is 5.02 Å². The van der Waals surface area contributed by atoms with Crippen LogP contribution in [0.1, 0.15) is 18.4 Å². The third-order valence-corrected chi connectivity index (χ3v) is 8.36. The number of ether oxygens (including phenoxy) is 1. The highest BCUT2D eigenvalue weighted by molar-refractivity contribution is 7.89. The molecule has 0 N–H and O–H groups in total. The van der Waals surface area contributed by atoms with Gasteiger partial charge in [-0.05, 0) is 36.4 Å². The summed E-state index contributed by atoms with van der Waals surface area (Å²) in [6, 6.07) is 18.1. The van der Waals surface area contributed by atoms with E-state index in [4.69, 9.17) is 16.3 Å². The number of carbonyl (C=O) groups is 1. The molecule has 5 rings (SSSR count). The Bertz CT molecular complexity index is 1260. The molecule has 2 aliphatic heterocycles. The maximum atomic E-state index is 13.4. The van der Waals surface area contributed by atoms with E-state index in [0.29, 0.717) is 35.8 Å². The molecular formula is C23H21ClN2O4S. The highest BCUT2D eigenvalue weighted by Crippen LogP contribution is 2.36. The summed E-state index contributed by atoms with van der Waals surface area (Å²) in [7, 11) is -3.65. The normalized spacial score (nSPS) is 18.1. The second kappa shape index (κ2) is 7.82. The lowest BCUT2D eigenvalue weighted by Gasteiger charge is -2.40. The average Bonchev–Trinajstić information content (AvgIpc) is 2.79. The fraction of sp³-hybridized carbons (Fsp3) is 0.261. The summed E-state index contributed by atoms with van der Waals surface area (Å²) in [6.07, 6.45) is 0.626. The minimum absolute atomic E-state index is 0.149. The molecule has 0 aromatic heterocycles. The second-order valence-corrected chi connectivity index (χ2v) is 10.1. The number of carbonyl (C=O) groups excluding carboxylic acids is 1. The molecule has 2 heterocycles. The van der Waals surface area contributed by atoms with Crippen LogP contribution in [0.25, 0.3) is 10.8 Å². The van der Waals surface area contributed by atoms with Crippen molar-refractivity contribution in [2.75, 3.05) is 18.0 Å². The van der Waals surface area contributed by atoms with Gasteiger partial charge in [0.25, 0.3) is 0 Å². The third kappa shape index (κ3) is 3.46. The highest BCUT2D eigenvalue weighted by atomic mass is 35.5. The number of cyclic esters (lactones) is 1. The number of amides is 1. The fourth-order valence-corrected chi connectivity index (χ4v) is 6.37. The first kappa shape index (κ1) is 20.3. The van der Waals surface area contributed by atoms with Crippen LogP contribution in [-0.4, -0.2) is 37.9 Å². The molecule has 1 amide bonds. The van der Waals surface area contributed by atoms with Crippen molar-refractivity contribution in [3.8, 4) is 0 Å². The fourth-order valence-electron chi connectivity index (χ4n) is 4.46. The molecule has 1 fully saturated rings. The number of halogens is 1. The lowest BCUT2D eigenvalue weighted by Crippen LogP contribution is -2.50. The van der Waals surface area contributed by atoms with Crippen LogP contribution in [-0.2, 0) is 21.4 Å². The van der Waals surface area contributed by atoms with Gasteiger partial charge in [0.1, 0.15) is 6.61 Å². The van der Waals surface area contributed by atoms with Crippen LogP contribution in [0.3, 0.4) is 0 Å². The number of fused-ring (bicyclic) bond motifs is 2. The maximum absolute atomic E-state index is 13.4. The van der Waals surface area contributed by atoms with Crippen molar-refractivity contribution in [3.63, 3.8) is 0 Å². The molecule has 0 atom stereocenters. The molecule has 6 nitrogen and oxygen atoms in total. The molecule has 0 aliphatic carbocycles. The molecule has 160 valence electrons. The van der Waals surface area contributed by atoms with Crippen molar-refractivity contribution in [1.82, 2.24) is 4.31 Å². The van der Waals surface area contributed by atoms with Gasteiger partial charge < -0.3 is 4.74 Å². The predicted molar refractivity (Wildman–Crippen MR) is 120 cm³/mol. The molecule has 1 saturated heterocycles. The first-order valence-corrected chi connectivity index (χ1v) is 12.0. The van der Waals surface area contributed by atoms with E-state index in [0.717, 1.165) is 22.0 Å². The molecule has 0 saturated carbocycles. The summed E-state index contributed by atoms with van der Waals surface area (Å²) in [6.45, 7) is 0.810. The molecule has 3 aromatic rings. The summed E-state index contributed by atoms with van der Waals surface area (Å²) in [4.78, 5) is 14.5. The van der Waals surface area contributed by atoms with Gasteiger partial charge in [-0.25, -0.2) is 13.2 Å². The van der Waals surface area contributed by atoms with Crippen LogP contribution < -0.4 is 4.90 Å². The number of sulfonamides is 1. The van der Waals surface area contributed by atoms with Gasteiger partial charge in [0, 0.05) is 35.1 Å². The van der Waals surface area contributed by atoms with Crippen LogP contribution in [0, 0.1) is 0 Å². The van der Waals surface area contributed by atoms with Gasteiger partial charge in [-0.3, -0.25) is 4.90 Å². The Balaban J connectivity index is 1.40. The SMILES string of the molecule is O=C1OCc2c(Cl)cccc2N1C1CCN(S(=O)(=O)c2cccc3ccccc23)CC1. The summed E-state index contributed by atoms with van der Waals surface area (Å²) >= 11 is 6.29. The Kier molecular flexibility index (Phi) is 5.12. The maximum Gasteiger partial charge on any atom is 0.414 e. The summed E-state index contributed by atoms with van der Waals surface area (Å²) < 4.78 is 33.6. The quantitative estimate of drug-likeness (QED) is 0.567. The van der Waals surface area contributed by atoms with E-state index in [-0.39, 0.29) is 12.6 Å². The van der Waals surface area contributed by atoms with Crippen molar-refractivity contribution < 1.29 is 17.9 Å². The minimum Gasteiger partial charge on any atom is -0.444 e. The monoisotopic (exact) mass is 456 g/mol. The molecule has 0 unspecified atom stereocenters. The van der Waals surface area contributed by atoms with Gasteiger partial charge in [-0.2, -0.15) is 4.31 Å². The number of piperidine rings is 1. The molecule has 0 bridgehead atoms. The van der Waals surface area contributed by atoms with E-state index in [9.17, 15) is 13.2 Å². The zero-order valence-corrected chi connectivity index (χ0v) is 18.3. The number of rotatable bonds is 3. The number of hydrogen-bond acceptors (Lipinski definition) is 4. The Labute approximate surface area is 186 Å². The average molecular weight is 457 g/mol. The van der Waals surface area contributed by atoms with Crippen molar-refractivity contribution in [2.45, 2.75) is 30.4 Å². The van der Waals surface area contributed by atoms with Crippen molar-refractivity contribution in [2.24, 2.45) is 0 Å². The first-order valence-electron chi connectivity index (χ1n) is 10.2. The zero-order valence-electron chi connectivity index (χ0n) is 16.7. The number of nitrogens with zero attached hydrogens (tertiary/aromatic N) is 2. The minimum atomic E-state index is -3.65. The van der Waals surface area contributed by atoms with Crippen LogP contribution in [0.4, 0.5) is 10.5 Å². The lowest BCUT2D eigenvalue weighted by molar-refractivity contribution is 0.136. The van der Waals surface area contributed by atoms with Crippen molar-refractivity contribution in [1.29, 1.82) is 0 Å². The van der Waals surface area contributed by atoms with Crippen molar-refractivity contribution >= 4 is 44.2 Å². The van der Waals surface area contributed by atoms with Gasteiger partial charge in [-0.15, -0.1) is 0 Å². The van der Waals surface area contributed by atoms with Gasteiger partial charge in [0.15, 0.2) is 0 Å². The number of benzene rings is 3. The summed E-state index contributed by atoms with van der Waals surface area (Å²) in [5.41, 5.74) is 1.54. The molecule has 8 heteroatoms. The Morgan fingerprint density at radius 1 is 0.935 bits per heavy atom. The second-order valence-electron chi connectivity index (χ2n) is 7.77. The molecule has 3 aromatic carbocycles. The standard InChI is InChI=1S/C23H21ClN2O4S/c24-20-8-4-9-21-19(20)15-30-23(27)26(21)17-11-13-25(14-12-17)31(28,29)22-10-3-6-16-5-1-2-7-18(16)22/h1-10,17H,11-15H2. The molecule has 2 aliphatic rings.